The first-order valence-electron chi connectivity index (χ1n) is 10.6. The normalized spacial score (nSPS) is 13.2. The summed E-state index contributed by atoms with van der Waals surface area (Å²) in [6, 6.07) is 6.68. The Morgan fingerprint density at radius 3 is 2.50 bits per heavy atom. The van der Waals surface area contributed by atoms with E-state index in [0.29, 0.717) is 28.2 Å². The van der Waals surface area contributed by atoms with Gasteiger partial charge < -0.3 is 14.0 Å². The van der Waals surface area contributed by atoms with Gasteiger partial charge in [-0.2, -0.15) is 0 Å². The first kappa shape index (κ1) is 25.3. The number of pyridine rings is 1. The second-order valence-electron chi connectivity index (χ2n) is 7.73. The maximum atomic E-state index is 13.3. The number of sulfonamides is 1. The van der Waals surface area contributed by atoms with E-state index < -0.39 is 21.2 Å². The highest BCUT2D eigenvalue weighted by atomic mass is 35.5. The third-order valence-electron chi connectivity index (χ3n) is 5.45. The standard InChI is InChI=1S/C21H23ClN8O5S/c1-12(19-23-9-14(22)10-24-19)13(2)36(31,32)29-21-27-26-20(16-6-5-7-17(25-16)33-3)30(21)11-15-8-18(34-4)28-35-15/h5-10,12-13H,11H2,1-4H3,(H,27,29). The smallest absolute Gasteiger partial charge is 0.254 e. The van der Waals surface area contributed by atoms with Crippen molar-refractivity contribution >= 4 is 27.6 Å². The number of halogens is 1. The fourth-order valence-corrected chi connectivity index (χ4v) is 4.60. The Kier molecular flexibility index (Phi) is 7.35. The Balaban J connectivity index is 1.69. The van der Waals surface area contributed by atoms with Gasteiger partial charge in [0.2, 0.25) is 21.9 Å². The van der Waals surface area contributed by atoms with E-state index in [4.69, 9.17) is 25.6 Å². The number of methoxy groups -OCH3 is 2. The lowest BCUT2D eigenvalue weighted by molar-refractivity contribution is 0.324. The summed E-state index contributed by atoms with van der Waals surface area (Å²) in [6.45, 7) is 3.31. The molecule has 190 valence electrons. The van der Waals surface area contributed by atoms with Crippen LogP contribution >= 0.6 is 11.6 Å². The summed E-state index contributed by atoms with van der Waals surface area (Å²) in [7, 11) is -1.02. The molecule has 0 aliphatic heterocycles. The molecule has 0 aromatic carbocycles. The van der Waals surface area contributed by atoms with E-state index in [1.165, 1.54) is 31.2 Å². The molecule has 0 radical (unpaired) electrons. The lowest BCUT2D eigenvalue weighted by Crippen LogP contribution is -2.31. The van der Waals surface area contributed by atoms with Crippen LogP contribution in [0.15, 0.2) is 41.2 Å². The summed E-state index contributed by atoms with van der Waals surface area (Å²) in [4.78, 5) is 12.7. The average Bonchev–Trinajstić information content (AvgIpc) is 3.50. The van der Waals surface area contributed by atoms with Gasteiger partial charge in [0.1, 0.15) is 11.5 Å². The lowest BCUT2D eigenvalue weighted by atomic mass is 10.1. The van der Waals surface area contributed by atoms with Crippen LogP contribution in [0.3, 0.4) is 0 Å². The quantitative estimate of drug-likeness (QED) is 0.318. The molecule has 4 aromatic heterocycles. The molecule has 1 N–H and O–H groups in total. The third-order valence-corrected chi connectivity index (χ3v) is 7.50. The molecule has 36 heavy (non-hydrogen) atoms. The fourth-order valence-electron chi connectivity index (χ4n) is 3.25. The SMILES string of the molecule is COc1cc(Cn2c(NS(=O)(=O)C(C)C(C)c3ncc(Cl)cn3)nnc2-c2cccc(OC)n2)on1. The number of aromatic nitrogens is 7. The van der Waals surface area contributed by atoms with E-state index in [1.54, 1.807) is 38.1 Å². The van der Waals surface area contributed by atoms with Crippen molar-refractivity contribution in [1.29, 1.82) is 0 Å². The molecule has 0 fully saturated rings. The Morgan fingerprint density at radius 1 is 1.11 bits per heavy atom. The number of hydrogen-bond acceptors (Lipinski definition) is 11. The second-order valence-corrected chi connectivity index (χ2v) is 10.2. The summed E-state index contributed by atoms with van der Waals surface area (Å²) in [5, 5.41) is 11.5. The topological polar surface area (TPSA) is 160 Å². The van der Waals surface area contributed by atoms with Crippen LogP contribution in [0.4, 0.5) is 5.95 Å². The average molecular weight is 535 g/mol. The molecule has 0 saturated heterocycles. The number of nitrogens with zero attached hydrogens (tertiary/aromatic N) is 7. The summed E-state index contributed by atoms with van der Waals surface area (Å²) >= 11 is 5.85. The Morgan fingerprint density at radius 2 is 1.83 bits per heavy atom. The van der Waals surface area contributed by atoms with Crippen LogP contribution in [-0.2, 0) is 16.6 Å². The van der Waals surface area contributed by atoms with Crippen molar-refractivity contribution in [2.24, 2.45) is 0 Å². The fraction of sp³-hybridized carbons (Fsp3) is 0.333. The Bertz CT molecular complexity index is 1440. The molecule has 0 aliphatic rings. The van der Waals surface area contributed by atoms with Crippen LogP contribution in [0.2, 0.25) is 5.02 Å². The lowest BCUT2D eigenvalue weighted by Gasteiger charge is -2.20. The molecule has 2 atom stereocenters. The molecule has 2 unspecified atom stereocenters. The molecular weight excluding hydrogens is 512 g/mol. The summed E-state index contributed by atoms with van der Waals surface area (Å²) in [5.41, 5.74) is 0.412. The van der Waals surface area contributed by atoms with Crippen molar-refractivity contribution in [1.82, 2.24) is 34.9 Å². The van der Waals surface area contributed by atoms with E-state index in [9.17, 15) is 8.42 Å². The van der Waals surface area contributed by atoms with E-state index in [-0.39, 0.29) is 24.2 Å². The van der Waals surface area contributed by atoms with Gasteiger partial charge in [-0.3, -0.25) is 9.29 Å². The number of nitrogens with one attached hydrogen (secondary N) is 1. The molecule has 0 aliphatic carbocycles. The van der Waals surface area contributed by atoms with Crippen molar-refractivity contribution in [3.63, 3.8) is 0 Å². The number of rotatable bonds is 10. The minimum atomic E-state index is -3.97. The Hall–Kier alpha value is -3.78. The van der Waals surface area contributed by atoms with E-state index in [0.717, 1.165) is 0 Å². The predicted octanol–water partition coefficient (Wildman–Crippen LogP) is 2.77. The zero-order valence-electron chi connectivity index (χ0n) is 19.8. The maximum absolute atomic E-state index is 13.3. The summed E-state index contributed by atoms with van der Waals surface area (Å²) in [5.74, 6) is 1.04. The van der Waals surface area contributed by atoms with E-state index in [1.807, 2.05) is 0 Å². The van der Waals surface area contributed by atoms with Gasteiger partial charge in [0.25, 0.3) is 5.88 Å². The van der Waals surface area contributed by atoms with Crippen LogP contribution in [0, 0.1) is 0 Å². The summed E-state index contributed by atoms with van der Waals surface area (Å²) < 4.78 is 46.3. The van der Waals surface area contributed by atoms with Gasteiger partial charge in [-0.1, -0.05) is 24.6 Å². The molecule has 0 saturated carbocycles. The molecule has 13 nitrogen and oxygen atoms in total. The first-order valence-corrected chi connectivity index (χ1v) is 12.6. The van der Waals surface area contributed by atoms with E-state index in [2.05, 4.69) is 35.0 Å². The van der Waals surface area contributed by atoms with Gasteiger partial charge in [-0.15, -0.1) is 10.2 Å². The van der Waals surface area contributed by atoms with Gasteiger partial charge in [0.05, 0.1) is 31.0 Å². The monoisotopic (exact) mass is 534 g/mol. The third kappa shape index (κ3) is 5.39. The van der Waals surface area contributed by atoms with Crippen LogP contribution in [0.5, 0.6) is 11.8 Å². The largest absolute Gasteiger partial charge is 0.481 e. The highest BCUT2D eigenvalue weighted by Gasteiger charge is 2.31. The first-order chi connectivity index (χ1) is 17.2. The molecular formula is C21H23ClN8O5S. The number of hydrogen-bond donors (Lipinski definition) is 1. The highest BCUT2D eigenvalue weighted by molar-refractivity contribution is 7.93. The van der Waals surface area contributed by atoms with Crippen molar-refractivity contribution in [2.75, 3.05) is 18.9 Å². The second kappa shape index (κ2) is 10.5. The van der Waals surface area contributed by atoms with Crippen molar-refractivity contribution in [3.8, 4) is 23.3 Å². The van der Waals surface area contributed by atoms with Crippen LogP contribution in [-0.4, -0.2) is 62.8 Å². The molecule has 0 spiro atoms. The van der Waals surface area contributed by atoms with Gasteiger partial charge >= 0.3 is 0 Å². The van der Waals surface area contributed by atoms with E-state index >= 15 is 0 Å². The number of anilines is 1. The molecule has 4 aromatic rings. The maximum Gasteiger partial charge on any atom is 0.254 e. The van der Waals surface area contributed by atoms with Gasteiger partial charge in [-0.25, -0.2) is 23.4 Å². The van der Waals surface area contributed by atoms with Crippen LogP contribution in [0.1, 0.15) is 31.4 Å². The minimum Gasteiger partial charge on any atom is -0.481 e. The minimum absolute atomic E-state index is 0.0407. The van der Waals surface area contributed by atoms with Crippen molar-refractivity contribution in [3.05, 3.63) is 53.3 Å². The molecule has 15 heteroatoms. The van der Waals surface area contributed by atoms with Crippen molar-refractivity contribution < 1.29 is 22.4 Å². The van der Waals surface area contributed by atoms with Gasteiger partial charge in [0.15, 0.2) is 11.6 Å². The van der Waals surface area contributed by atoms with Crippen molar-refractivity contribution in [2.45, 2.75) is 31.6 Å². The molecule has 0 amide bonds. The van der Waals surface area contributed by atoms with Crippen LogP contribution < -0.4 is 14.2 Å². The zero-order chi connectivity index (χ0) is 25.9. The molecule has 0 bridgehead atoms. The molecule has 4 heterocycles. The Labute approximate surface area is 211 Å². The molecule has 4 rings (SSSR count). The highest BCUT2D eigenvalue weighted by Crippen LogP contribution is 2.27. The van der Waals surface area contributed by atoms with Crippen LogP contribution in [0.25, 0.3) is 11.5 Å². The zero-order valence-corrected chi connectivity index (χ0v) is 21.4. The van der Waals surface area contributed by atoms with Gasteiger partial charge in [0, 0.05) is 30.4 Å². The number of ether oxygens (including phenoxy) is 2. The summed E-state index contributed by atoms with van der Waals surface area (Å²) in [6.07, 6.45) is 2.84. The predicted molar refractivity (Wildman–Crippen MR) is 129 cm³/mol. The van der Waals surface area contributed by atoms with Gasteiger partial charge in [-0.05, 0) is 18.1 Å².